The minimum Gasteiger partial charge on any atom is -0.504 e. The quantitative estimate of drug-likeness (QED) is 0.754. The Morgan fingerprint density at radius 3 is 2.31 bits per heavy atom. The monoisotopic (exact) mass is 182 g/mol. The number of aromatic amines is 1. The number of rotatable bonds is 3. The number of nitrogens with zero attached hydrogens (tertiary/aromatic N) is 1. The summed E-state index contributed by atoms with van der Waals surface area (Å²) in [6, 6.07) is 0. The van der Waals surface area contributed by atoms with E-state index in [4.69, 9.17) is 0 Å². The van der Waals surface area contributed by atoms with Crippen molar-refractivity contribution in [2.45, 2.75) is 40.0 Å². The third kappa shape index (κ3) is 2.23. The van der Waals surface area contributed by atoms with Gasteiger partial charge in [0, 0.05) is 0 Å². The highest BCUT2D eigenvalue weighted by atomic mass is 16.3. The number of H-pyrrole nitrogens is 1. The Hall–Kier alpha value is -0.990. The summed E-state index contributed by atoms with van der Waals surface area (Å²) in [4.78, 5) is 0. The van der Waals surface area contributed by atoms with Crippen LogP contribution in [0.2, 0.25) is 0 Å². The van der Waals surface area contributed by atoms with Crippen LogP contribution in [0.4, 0.5) is 0 Å². The summed E-state index contributed by atoms with van der Waals surface area (Å²) in [7, 11) is 0. The Balaban J connectivity index is 2.86. The summed E-state index contributed by atoms with van der Waals surface area (Å²) in [6.07, 6.45) is 0.828. The van der Waals surface area contributed by atoms with Crippen LogP contribution in [0.15, 0.2) is 0 Å². The number of aromatic hydroxyl groups is 1. The predicted molar refractivity (Wildman–Crippen MR) is 52.9 cm³/mol. The molecule has 74 valence electrons. The first-order valence-electron chi connectivity index (χ1n) is 4.78. The Kier molecular flexibility index (Phi) is 2.96. The third-order valence-electron chi connectivity index (χ3n) is 2.02. The topological polar surface area (TPSA) is 48.9 Å². The molecule has 0 aliphatic rings. The highest BCUT2D eigenvalue weighted by Crippen LogP contribution is 2.27. The highest BCUT2D eigenvalue weighted by Gasteiger charge is 2.14. The van der Waals surface area contributed by atoms with E-state index in [9.17, 15) is 5.11 Å². The minimum atomic E-state index is 0.299. The number of nitrogens with one attached hydrogen (secondary N) is 1. The van der Waals surface area contributed by atoms with Crippen molar-refractivity contribution in [2.75, 3.05) is 0 Å². The van der Waals surface area contributed by atoms with E-state index >= 15 is 0 Å². The second-order valence-electron chi connectivity index (χ2n) is 4.19. The molecule has 0 spiro atoms. The van der Waals surface area contributed by atoms with E-state index in [0.717, 1.165) is 17.8 Å². The molecule has 13 heavy (non-hydrogen) atoms. The number of hydrogen-bond donors (Lipinski definition) is 2. The number of hydrogen-bond acceptors (Lipinski definition) is 2. The van der Waals surface area contributed by atoms with Gasteiger partial charge in [0.05, 0.1) is 5.69 Å². The summed E-state index contributed by atoms with van der Waals surface area (Å²) in [5.41, 5.74) is 1.63. The van der Waals surface area contributed by atoms with Gasteiger partial charge in [-0.3, -0.25) is 5.10 Å². The fourth-order valence-corrected chi connectivity index (χ4v) is 1.32. The van der Waals surface area contributed by atoms with Crippen LogP contribution in [0.5, 0.6) is 5.75 Å². The maximum Gasteiger partial charge on any atom is 0.160 e. The SMILES string of the molecule is CC(C)Cc1n[nH]c(C(C)C)c1O. The molecule has 0 bridgehead atoms. The van der Waals surface area contributed by atoms with Crippen molar-refractivity contribution >= 4 is 0 Å². The lowest BCUT2D eigenvalue weighted by molar-refractivity contribution is 0.453. The fourth-order valence-electron chi connectivity index (χ4n) is 1.32. The molecule has 0 amide bonds. The van der Waals surface area contributed by atoms with Gasteiger partial charge in [-0.15, -0.1) is 0 Å². The van der Waals surface area contributed by atoms with Crippen molar-refractivity contribution < 1.29 is 5.11 Å². The Morgan fingerprint density at radius 2 is 1.92 bits per heavy atom. The molecule has 0 atom stereocenters. The first-order chi connectivity index (χ1) is 6.02. The predicted octanol–water partition coefficient (Wildman–Crippen LogP) is 2.44. The van der Waals surface area contributed by atoms with E-state index in [-0.39, 0.29) is 0 Å². The lowest BCUT2D eigenvalue weighted by atomic mass is 10.0. The zero-order valence-corrected chi connectivity index (χ0v) is 8.76. The fraction of sp³-hybridized carbons (Fsp3) is 0.700. The van der Waals surface area contributed by atoms with E-state index in [1.807, 2.05) is 13.8 Å². The molecule has 2 N–H and O–H groups in total. The summed E-state index contributed by atoms with van der Waals surface area (Å²) in [5, 5.41) is 16.7. The smallest absolute Gasteiger partial charge is 0.160 e. The molecular weight excluding hydrogens is 164 g/mol. The molecule has 0 aliphatic heterocycles. The van der Waals surface area contributed by atoms with Gasteiger partial charge >= 0.3 is 0 Å². The van der Waals surface area contributed by atoms with Gasteiger partial charge < -0.3 is 5.11 Å². The van der Waals surface area contributed by atoms with Gasteiger partial charge in [-0.1, -0.05) is 27.7 Å². The summed E-state index contributed by atoms with van der Waals surface area (Å²) in [6.45, 7) is 8.30. The van der Waals surface area contributed by atoms with Crippen LogP contribution in [0.3, 0.4) is 0 Å². The summed E-state index contributed by atoms with van der Waals surface area (Å²) < 4.78 is 0. The van der Waals surface area contributed by atoms with Crippen LogP contribution in [0, 0.1) is 5.92 Å². The molecule has 0 saturated carbocycles. The van der Waals surface area contributed by atoms with Crippen LogP contribution in [0.25, 0.3) is 0 Å². The van der Waals surface area contributed by atoms with Crippen LogP contribution in [-0.4, -0.2) is 15.3 Å². The molecule has 0 radical (unpaired) electrons. The molecule has 1 heterocycles. The van der Waals surface area contributed by atoms with Crippen LogP contribution in [-0.2, 0) is 6.42 Å². The van der Waals surface area contributed by atoms with Crippen LogP contribution in [0.1, 0.15) is 45.0 Å². The third-order valence-corrected chi connectivity index (χ3v) is 2.02. The molecular formula is C10H18N2O. The molecule has 0 fully saturated rings. The first-order valence-corrected chi connectivity index (χ1v) is 4.78. The van der Waals surface area contributed by atoms with E-state index in [0.29, 0.717) is 17.6 Å². The van der Waals surface area contributed by atoms with Crippen LogP contribution >= 0.6 is 0 Å². The largest absolute Gasteiger partial charge is 0.504 e. The average molecular weight is 182 g/mol. The summed E-state index contributed by atoms with van der Waals surface area (Å²) in [5.74, 6) is 1.17. The van der Waals surface area contributed by atoms with Gasteiger partial charge in [0.25, 0.3) is 0 Å². The van der Waals surface area contributed by atoms with Gasteiger partial charge in [-0.25, -0.2) is 0 Å². The maximum atomic E-state index is 9.75. The van der Waals surface area contributed by atoms with E-state index in [1.165, 1.54) is 0 Å². The Bertz CT molecular complexity index is 276. The lowest BCUT2D eigenvalue weighted by Gasteiger charge is -2.03. The molecule has 0 saturated heterocycles. The van der Waals surface area contributed by atoms with Crippen molar-refractivity contribution in [1.82, 2.24) is 10.2 Å². The van der Waals surface area contributed by atoms with Gasteiger partial charge in [0.2, 0.25) is 0 Å². The highest BCUT2D eigenvalue weighted by molar-refractivity contribution is 5.33. The van der Waals surface area contributed by atoms with E-state index in [2.05, 4.69) is 24.0 Å². The van der Waals surface area contributed by atoms with Gasteiger partial charge in [0.1, 0.15) is 5.69 Å². The van der Waals surface area contributed by atoms with Crippen molar-refractivity contribution in [1.29, 1.82) is 0 Å². The molecule has 1 aromatic heterocycles. The Morgan fingerprint density at radius 1 is 1.31 bits per heavy atom. The summed E-state index contributed by atoms with van der Waals surface area (Å²) >= 11 is 0. The normalized spacial score (nSPS) is 11.5. The van der Waals surface area contributed by atoms with Crippen LogP contribution < -0.4 is 0 Å². The molecule has 0 aliphatic carbocycles. The molecule has 0 unspecified atom stereocenters. The standard InChI is InChI=1S/C10H18N2O/c1-6(2)5-8-10(13)9(7(3)4)12-11-8/h6-7,13H,5H2,1-4H3,(H,11,12). The first kappa shape index (κ1) is 10.1. The average Bonchev–Trinajstić information content (AvgIpc) is 2.32. The maximum absolute atomic E-state index is 9.75. The minimum absolute atomic E-state index is 0.299. The molecule has 1 rings (SSSR count). The van der Waals surface area contributed by atoms with Gasteiger partial charge in [-0.05, 0) is 18.3 Å². The zero-order valence-electron chi connectivity index (χ0n) is 8.76. The number of aromatic nitrogens is 2. The zero-order chi connectivity index (χ0) is 10.0. The van der Waals surface area contributed by atoms with Gasteiger partial charge in [0.15, 0.2) is 5.75 Å². The van der Waals surface area contributed by atoms with Crippen molar-refractivity contribution in [2.24, 2.45) is 5.92 Å². The van der Waals surface area contributed by atoms with Gasteiger partial charge in [-0.2, -0.15) is 5.10 Å². The van der Waals surface area contributed by atoms with E-state index < -0.39 is 0 Å². The second kappa shape index (κ2) is 3.81. The molecule has 3 heteroatoms. The second-order valence-corrected chi connectivity index (χ2v) is 4.19. The lowest BCUT2D eigenvalue weighted by Crippen LogP contribution is -1.94. The van der Waals surface area contributed by atoms with Crippen molar-refractivity contribution in [3.63, 3.8) is 0 Å². The van der Waals surface area contributed by atoms with Crippen molar-refractivity contribution in [3.05, 3.63) is 11.4 Å². The van der Waals surface area contributed by atoms with E-state index in [1.54, 1.807) is 0 Å². The van der Waals surface area contributed by atoms with Crippen molar-refractivity contribution in [3.8, 4) is 5.75 Å². The molecule has 3 nitrogen and oxygen atoms in total. The molecule has 0 aromatic carbocycles. The molecule has 1 aromatic rings. The Labute approximate surface area is 79.2 Å².